The molecule has 1 aromatic rings. The Kier molecular flexibility index (Phi) is 4.85. The number of hydrogen-bond acceptors (Lipinski definition) is 1. The summed E-state index contributed by atoms with van der Waals surface area (Å²) in [7, 11) is 1.72. The van der Waals surface area contributed by atoms with Crippen LogP contribution in [0.25, 0.3) is 0 Å². The first-order valence-electron chi connectivity index (χ1n) is 5.72. The lowest BCUT2D eigenvalue weighted by molar-refractivity contribution is 0.413. The van der Waals surface area contributed by atoms with Crippen molar-refractivity contribution in [2.75, 3.05) is 12.4 Å². The van der Waals surface area contributed by atoms with Crippen LogP contribution in [0.4, 0.5) is 0 Å². The number of halogens is 1. The summed E-state index contributed by atoms with van der Waals surface area (Å²) < 4.78 is 5.29. The maximum Gasteiger partial charge on any atom is 0.119 e. The Bertz CT molecular complexity index is 337. The maximum atomic E-state index is 5.29. The van der Waals surface area contributed by atoms with Gasteiger partial charge in [-0.3, -0.25) is 0 Å². The van der Waals surface area contributed by atoms with Crippen LogP contribution in [-0.2, 0) is 0 Å². The molecule has 0 N–H and O–H groups in total. The maximum absolute atomic E-state index is 5.29. The SMILES string of the molecule is COc1cc(C)c(C(C)C(C)CBr)c(C)c1. The highest BCUT2D eigenvalue weighted by molar-refractivity contribution is 9.09. The van der Waals surface area contributed by atoms with E-state index in [1.54, 1.807) is 7.11 Å². The van der Waals surface area contributed by atoms with Crippen LogP contribution in [0.1, 0.15) is 36.5 Å². The van der Waals surface area contributed by atoms with Crippen molar-refractivity contribution in [3.05, 3.63) is 28.8 Å². The second-order valence-electron chi connectivity index (χ2n) is 4.60. The van der Waals surface area contributed by atoms with Gasteiger partial charge in [0.25, 0.3) is 0 Å². The molecule has 0 saturated carbocycles. The molecule has 90 valence electrons. The van der Waals surface area contributed by atoms with Crippen molar-refractivity contribution in [3.63, 3.8) is 0 Å². The summed E-state index contributed by atoms with van der Waals surface area (Å²) in [6.45, 7) is 8.92. The Labute approximate surface area is 107 Å². The van der Waals surface area contributed by atoms with Gasteiger partial charge in [-0.25, -0.2) is 0 Å². The molecule has 0 aliphatic heterocycles. The minimum Gasteiger partial charge on any atom is -0.497 e. The van der Waals surface area contributed by atoms with Gasteiger partial charge in [0.2, 0.25) is 0 Å². The van der Waals surface area contributed by atoms with Crippen molar-refractivity contribution >= 4 is 15.9 Å². The molecule has 0 bridgehead atoms. The first-order valence-corrected chi connectivity index (χ1v) is 6.84. The van der Waals surface area contributed by atoms with E-state index in [-0.39, 0.29) is 0 Å². The van der Waals surface area contributed by atoms with Crippen LogP contribution < -0.4 is 4.74 Å². The van der Waals surface area contributed by atoms with E-state index in [4.69, 9.17) is 4.74 Å². The first kappa shape index (κ1) is 13.6. The molecule has 2 unspecified atom stereocenters. The monoisotopic (exact) mass is 284 g/mol. The number of rotatable bonds is 4. The van der Waals surface area contributed by atoms with E-state index in [2.05, 4.69) is 55.8 Å². The highest BCUT2D eigenvalue weighted by atomic mass is 79.9. The summed E-state index contributed by atoms with van der Waals surface area (Å²) in [4.78, 5) is 0. The fraction of sp³-hybridized carbons (Fsp3) is 0.571. The van der Waals surface area contributed by atoms with Gasteiger partial charge in [-0.2, -0.15) is 0 Å². The molecule has 0 radical (unpaired) electrons. The number of benzene rings is 1. The van der Waals surface area contributed by atoms with E-state index in [9.17, 15) is 0 Å². The first-order chi connectivity index (χ1) is 7.51. The van der Waals surface area contributed by atoms with Gasteiger partial charge >= 0.3 is 0 Å². The van der Waals surface area contributed by atoms with Gasteiger partial charge in [-0.05, 0) is 54.5 Å². The van der Waals surface area contributed by atoms with Crippen LogP contribution in [0.3, 0.4) is 0 Å². The van der Waals surface area contributed by atoms with E-state index < -0.39 is 0 Å². The van der Waals surface area contributed by atoms with Gasteiger partial charge in [-0.1, -0.05) is 29.8 Å². The normalized spacial score (nSPS) is 14.6. The molecular weight excluding hydrogens is 264 g/mol. The molecule has 0 aliphatic rings. The highest BCUT2D eigenvalue weighted by Crippen LogP contribution is 2.32. The van der Waals surface area contributed by atoms with Crippen molar-refractivity contribution in [2.24, 2.45) is 5.92 Å². The molecule has 0 aromatic heterocycles. The molecule has 0 amide bonds. The topological polar surface area (TPSA) is 9.23 Å². The van der Waals surface area contributed by atoms with Crippen molar-refractivity contribution in [1.29, 1.82) is 0 Å². The lowest BCUT2D eigenvalue weighted by atomic mass is 9.84. The number of hydrogen-bond donors (Lipinski definition) is 0. The van der Waals surface area contributed by atoms with E-state index in [0.717, 1.165) is 11.1 Å². The van der Waals surface area contributed by atoms with Gasteiger partial charge in [0.15, 0.2) is 0 Å². The fourth-order valence-corrected chi connectivity index (χ4v) is 2.75. The Morgan fingerprint density at radius 1 is 1.19 bits per heavy atom. The molecule has 2 atom stereocenters. The molecule has 0 saturated heterocycles. The summed E-state index contributed by atoms with van der Waals surface area (Å²) in [5.41, 5.74) is 4.13. The molecule has 0 spiro atoms. The summed E-state index contributed by atoms with van der Waals surface area (Å²) in [5, 5.41) is 1.04. The minimum absolute atomic E-state index is 0.574. The minimum atomic E-state index is 0.574. The van der Waals surface area contributed by atoms with Gasteiger partial charge in [0.05, 0.1) is 7.11 Å². The average molecular weight is 285 g/mol. The third-order valence-electron chi connectivity index (χ3n) is 3.36. The average Bonchev–Trinajstić information content (AvgIpc) is 2.26. The predicted octanol–water partition coefficient (Wildman–Crippen LogP) is 4.45. The number of methoxy groups -OCH3 is 1. The molecule has 2 heteroatoms. The van der Waals surface area contributed by atoms with Crippen LogP contribution in [0, 0.1) is 19.8 Å². The zero-order valence-electron chi connectivity index (χ0n) is 10.8. The molecule has 1 rings (SSSR count). The Balaban J connectivity index is 3.14. The van der Waals surface area contributed by atoms with Gasteiger partial charge in [0, 0.05) is 5.33 Å². The van der Waals surface area contributed by atoms with Crippen LogP contribution >= 0.6 is 15.9 Å². The van der Waals surface area contributed by atoms with Gasteiger partial charge < -0.3 is 4.74 Å². The second-order valence-corrected chi connectivity index (χ2v) is 5.24. The molecule has 0 fully saturated rings. The molecule has 1 nitrogen and oxygen atoms in total. The van der Waals surface area contributed by atoms with Crippen molar-refractivity contribution in [1.82, 2.24) is 0 Å². The van der Waals surface area contributed by atoms with Crippen molar-refractivity contribution in [3.8, 4) is 5.75 Å². The van der Waals surface area contributed by atoms with Crippen LogP contribution in [0.5, 0.6) is 5.75 Å². The predicted molar refractivity (Wildman–Crippen MR) is 73.8 cm³/mol. The summed E-state index contributed by atoms with van der Waals surface area (Å²) >= 11 is 3.57. The zero-order chi connectivity index (χ0) is 12.3. The molecular formula is C14H21BrO. The second kappa shape index (κ2) is 5.72. The lowest BCUT2D eigenvalue weighted by Gasteiger charge is -2.23. The molecule has 0 heterocycles. The lowest BCUT2D eigenvalue weighted by Crippen LogP contribution is -2.10. The third-order valence-corrected chi connectivity index (χ3v) is 4.38. The summed E-state index contributed by atoms with van der Waals surface area (Å²) in [6, 6.07) is 4.25. The van der Waals surface area contributed by atoms with E-state index >= 15 is 0 Å². The molecule has 1 aromatic carbocycles. The van der Waals surface area contributed by atoms with E-state index in [0.29, 0.717) is 11.8 Å². The largest absolute Gasteiger partial charge is 0.497 e. The van der Waals surface area contributed by atoms with Crippen LogP contribution in [-0.4, -0.2) is 12.4 Å². The quantitative estimate of drug-likeness (QED) is 0.743. The number of ether oxygens (including phenoxy) is 1. The van der Waals surface area contributed by atoms with Crippen LogP contribution in [0.2, 0.25) is 0 Å². The van der Waals surface area contributed by atoms with Crippen LogP contribution in [0.15, 0.2) is 12.1 Å². The van der Waals surface area contributed by atoms with E-state index in [1.165, 1.54) is 16.7 Å². The number of alkyl halides is 1. The van der Waals surface area contributed by atoms with Crippen molar-refractivity contribution in [2.45, 2.75) is 33.6 Å². The summed E-state index contributed by atoms with van der Waals surface area (Å²) in [5.74, 6) is 2.17. The zero-order valence-corrected chi connectivity index (χ0v) is 12.4. The van der Waals surface area contributed by atoms with Gasteiger partial charge in [0.1, 0.15) is 5.75 Å². The molecule has 0 aliphatic carbocycles. The Morgan fingerprint density at radius 3 is 2.06 bits per heavy atom. The Morgan fingerprint density at radius 2 is 1.69 bits per heavy atom. The number of aryl methyl sites for hydroxylation is 2. The third kappa shape index (κ3) is 2.79. The summed E-state index contributed by atoms with van der Waals surface area (Å²) in [6.07, 6.45) is 0. The van der Waals surface area contributed by atoms with Crippen molar-refractivity contribution < 1.29 is 4.74 Å². The Hall–Kier alpha value is -0.500. The fourth-order valence-electron chi connectivity index (χ4n) is 2.19. The highest BCUT2D eigenvalue weighted by Gasteiger charge is 2.17. The molecule has 16 heavy (non-hydrogen) atoms. The smallest absolute Gasteiger partial charge is 0.119 e. The van der Waals surface area contributed by atoms with Gasteiger partial charge in [-0.15, -0.1) is 0 Å². The standard InChI is InChI=1S/C14H21BrO/c1-9-6-13(16-5)7-10(2)14(9)12(4)11(3)8-15/h6-7,11-12H,8H2,1-5H3. The van der Waals surface area contributed by atoms with E-state index in [1.807, 2.05) is 0 Å².